The van der Waals surface area contributed by atoms with E-state index in [9.17, 15) is 0 Å². The summed E-state index contributed by atoms with van der Waals surface area (Å²) in [7, 11) is 0. The van der Waals surface area contributed by atoms with Crippen LogP contribution in [-0.2, 0) is 16.0 Å². The Balaban J connectivity index is 1.70. The van der Waals surface area contributed by atoms with Gasteiger partial charge in [0.15, 0.2) is 0 Å². The molecule has 3 aromatic rings. The summed E-state index contributed by atoms with van der Waals surface area (Å²) in [6, 6.07) is 3.73. The molecule has 0 aromatic carbocycles. The zero-order valence-electron chi connectivity index (χ0n) is 12.6. The molecule has 120 valence electrons. The van der Waals surface area contributed by atoms with Gasteiger partial charge in [-0.2, -0.15) is 10.2 Å². The van der Waals surface area contributed by atoms with E-state index in [1.54, 1.807) is 6.20 Å². The lowest BCUT2D eigenvalue weighted by Gasteiger charge is -2.08. The van der Waals surface area contributed by atoms with E-state index in [1.807, 2.05) is 23.0 Å². The highest BCUT2D eigenvalue weighted by molar-refractivity contribution is 5.89. The predicted molar refractivity (Wildman–Crippen MR) is 82.2 cm³/mol. The number of aromatic amines is 1. The summed E-state index contributed by atoms with van der Waals surface area (Å²) in [5.41, 5.74) is 3.31. The van der Waals surface area contributed by atoms with E-state index in [0.717, 1.165) is 22.3 Å². The molecule has 0 amide bonds. The summed E-state index contributed by atoms with van der Waals surface area (Å²) < 4.78 is 18.4. The van der Waals surface area contributed by atoms with Gasteiger partial charge in [-0.15, -0.1) is 0 Å². The minimum absolute atomic E-state index is 0.448. The number of pyridine rings is 1. The zero-order chi connectivity index (χ0) is 15.5. The van der Waals surface area contributed by atoms with Gasteiger partial charge in [-0.05, 0) is 6.07 Å². The Hall–Kier alpha value is -2.45. The highest BCUT2D eigenvalue weighted by atomic mass is 16.5. The number of fused-ring (bicyclic) bond motifs is 4. The Labute approximate surface area is 132 Å². The van der Waals surface area contributed by atoms with E-state index in [4.69, 9.17) is 14.2 Å². The lowest BCUT2D eigenvalue weighted by atomic mass is 10.2. The molecule has 1 N–H and O–H groups in total. The normalized spacial score (nSPS) is 16.5. The summed E-state index contributed by atoms with van der Waals surface area (Å²) in [5, 5.41) is 11.7. The standard InChI is InChI=1S/C15H17N5O3/c1-2-13-17-15-12(1)18-19-14(15)11-9-16-20(10-11)3-4-21-5-6-22-7-8-23-13/h1-2,9-10H,3-8H2,(H,18,19). The Kier molecular flexibility index (Phi) is 3.91. The SMILES string of the molecule is c1nn2cc1-c1n[nH]c3ccc(nc13)OCCOCCOCC2. The average molecular weight is 315 g/mol. The van der Waals surface area contributed by atoms with Crippen molar-refractivity contribution in [3.8, 4) is 17.1 Å². The summed E-state index contributed by atoms with van der Waals surface area (Å²) in [4.78, 5) is 4.55. The number of hydrogen-bond donors (Lipinski definition) is 1. The van der Waals surface area contributed by atoms with Crippen LogP contribution in [0.4, 0.5) is 0 Å². The van der Waals surface area contributed by atoms with E-state index in [2.05, 4.69) is 20.3 Å². The van der Waals surface area contributed by atoms with Gasteiger partial charge >= 0.3 is 0 Å². The van der Waals surface area contributed by atoms with Crippen LogP contribution in [0.2, 0.25) is 0 Å². The molecule has 0 fully saturated rings. The fourth-order valence-electron chi connectivity index (χ4n) is 2.46. The van der Waals surface area contributed by atoms with Gasteiger partial charge in [-0.25, -0.2) is 4.98 Å². The van der Waals surface area contributed by atoms with Crippen molar-refractivity contribution in [1.29, 1.82) is 0 Å². The molecule has 0 aliphatic carbocycles. The number of nitrogens with zero attached hydrogens (tertiary/aromatic N) is 4. The van der Waals surface area contributed by atoms with Crippen LogP contribution in [0.15, 0.2) is 24.5 Å². The number of nitrogens with one attached hydrogen (secondary N) is 1. The Morgan fingerprint density at radius 3 is 2.87 bits per heavy atom. The summed E-state index contributed by atoms with van der Waals surface area (Å²) in [6.07, 6.45) is 3.72. The van der Waals surface area contributed by atoms with Gasteiger partial charge in [0.1, 0.15) is 17.8 Å². The molecule has 0 radical (unpaired) electrons. The monoisotopic (exact) mass is 315 g/mol. The molecule has 0 unspecified atom stereocenters. The number of rotatable bonds is 0. The summed E-state index contributed by atoms with van der Waals surface area (Å²) >= 11 is 0. The molecule has 0 spiro atoms. The molecule has 23 heavy (non-hydrogen) atoms. The molecule has 8 heteroatoms. The Bertz CT molecular complexity index is 797. The maximum absolute atomic E-state index is 5.63. The second kappa shape index (κ2) is 6.35. The molecule has 4 rings (SSSR count). The molecule has 1 aliphatic rings. The van der Waals surface area contributed by atoms with Crippen LogP contribution in [0.25, 0.3) is 22.3 Å². The first-order valence-corrected chi connectivity index (χ1v) is 7.56. The van der Waals surface area contributed by atoms with Crippen LogP contribution in [-0.4, -0.2) is 58.0 Å². The minimum Gasteiger partial charge on any atom is -0.475 e. The maximum Gasteiger partial charge on any atom is 0.214 e. The Morgan fingerprint density at radius 1 is 1.04 bits per heavy atom. The molecule has 0 saturated heterocycles. The third-order valence-electron chi connectivity index (χ3n) is 3.60. The van der Waals surface area contributed by atoms with Crippen molar-refractivity contribution in [1.82, 2.24) is 25.0 Å². The maximum atomic E-state index is 5.63. The van der Waals surface area contributed by atoms with Crippen LogP contribution in [0.1, 0.15) is 0 Å². The zero-order valence-corrected chi connectivity index (χ0v) is 12.6. The first kappa shape index (κ1) is 14.2. The number of ether oxygens (including phenoxy) is 3. The van der Waals surface area contributed by atoms with Crippen molar-refractivity contribution in [3.63, 3.8) is 0 Å². The highest BCUT2D eigenvalue weighted by Crippen LogP contribution is 2.26. The highest BCUT2D eigenvalue weighted by Gasteiger charge is 2.13. The van der Waals surface area contributed by atoms with Gasteiger partial charge < -0.3 is 14.2 Å². The third kappa shape index (κ3) is 3.03. The molecular weight excluding hydrogens is 298 g/mol. The van der Waals surface area contributed by atoms with E-state index in [0.29, 0.717) is 45.5 Å². The van der Waals surface area contributed by atoms with Crippen LogP contribution in [0.5, 0.6) is 5.88 Å². The van der Waals surface area contributed by atoms with Crippen molar-refractivity contribution in [2.24, 2.45) is 0 Å². The van der Waals surface area contributed by atoms with Gasteiger partial charge in [-0.1, -0.05) is 0 Å². The quantitative estimate of drug-likeness (QED) is 0.672. The van der Waals surface area contributed by atoms with Crippen LogP contribution in [0.3, 0.4) is 0 Å². The second-order valence-corrected chi connectivity index (χ2v) is 5.18. The van der Waals surface area contributed by atoms with Crippen molar-refractivity contribution in [2.45, 2.75) is 6.54 Å². The largest absolute Gasteiger partial charge is 0.475 e. The molecule has 1 aliphatic heterocycles. The van der Waals surface area contributed by atoms with Gasteiger partial charge in [-0.3, -0.25) is 9.78 Å². The molecular formula is C15H17N5O3. The third-order valence-corrected chi connectivity index (χ3v) is 3.60. The molecule has 0 atom stereocenters. The minimum atomic E-state index is 0.448. The second-order valence-electron chi connectivity index (χ2n) is 5.18. The average Bonchev–Trinajstić information content (AvgIpc) is 3.18. The van der Waals surface area contributed by atoms with Gasteiger partial charge in [0.25, 0.3) is 0 Å². The van der Waals surface area contributed by atoms with Gasteiger partial charge in [0.05, 0.1) is 44.7 Å². The first-order valence-electron chi connectivity index (χ1n) is 7.56. The van der Waals surface area contributed by atoms with E-state index >= 15 is 0 Å². The van der Waals surface area contributed by atoms with Crippen molar-refractivity contribution in [2.75, 3.05) is 33.0 Å². The molecule has 0 saturated carbocycles. The molecule has 8 nitrogen and oxygen atoms in total. The topological polar surface area (TPSA) is 87.1 Å². The van der Waals surface area contributed by atoms with E-state index in [1.165, 1.54) is 0 Å². The summed E-state index contributed by atoms with van der Waals surface area (Å²) in [5.74, 6) is 0.555. The van der Waals surface area contributed by atoms with Crippen LogP contribution in [0, 0.1) is 0 Å². The number of H-pyrrole nitrogens is 1. The first-order chi connectivity index (χ1) is 11.4. The smallest absolute Gasteiger partial charge is 0.214 e. The number of aromatic nitrogens is 5. The van der Waals surface area contributed by atoms with Crippen LogP contribution < -0.4 is 4.74 Å². The van der Waals surface area contributed by atoms with Gasteiger partial charge in [0.2, 0.25) is 5.88 Å². The molecule has 4 bridgehead atoms. The van der Waals surface area contributed by atoms with Gasteiger partial charge in [0, 0.05) is 17.8 Å². The Morgan fingerprint density at radius 2 is 1.91 bits per heavy atom. The summed E-state index contributed by atoms with van der Waals surface area (Å²) in [6.45, 7) is 3.33. The lowest BCUT2D eigenvalue weighted by molar-refractivity contribution is 0.0329. The van der Waals surface area contributed by atoms with E-state index < -0.39 is 0 Å². The van der Waals surface area contributed by atoms with Crippen molar-refractivity contribution >= 4 is 11.0 Å². The lowest BCUT2D eigenvalue weighted by Crippen LogP contribution is -2.13. The van der Waals surface area contributed by atoms with Crippen molar-refractivity contribution in [3.05, 3.63) is 24.5 Å². The molecule has 3 aromatic heterocycles. The predicted octanol–water partition coefficient (Wildman–Crippen LogP) is 1.25. The van der Waals surface area contributed by atoms with Crippen molar-refractivity contribution < 1.29 is 14.2 Å². The number of hydrogen-bond acceptors (Lipinski definition) is 6. The molecule has 4 heterocycles. The fourth-order valence-corrected chi connectivity index (χ4v) is 2.46. The fraction of sp³-hybridized carbons (Fsp3) is 0.400. The van der Waals surface area contributed by atoms with Crippen LogP contribution >= 0.6 is 0 Å². The van der Waals surface area contributed by atoms with E-state index in [-0.39, 0.29) is 0 Å².